The second kappa shape index (κ2) is 9.52. The van der Waals surface area contributed by atoms with E-state index in [0.29, 0.717) is 12.1 Å². The van der Waals surface area contributed by atoms with Crippen LogP contribution >= 0.6 is 0 Å². The number of aromatic nitrogens is 2. The Labute approximate surface area is 204 Å². The maximum Gasteiger partial charge on any atom is 0.414 e. The van der Waals surface area contributed by atoms with E-state index in [-0.39, 0.29) is 18.3 Å². The van der Waals surface area contributed by atoms with Gasteiger partial charge in [0.05, 0.1) is 23.9 Å². The maximum absolute atomic E-state index is 14.1. The average molecular weight is 480 g/mol. The van der Waals surface area contributed by atoms with E-state index in [1.54, 1.807) is 28.8 Å². The highest BCUT2D eigenvalue weighted by Gasteiger charge is 2.25. The fourth-order valence-corrected chi connectivity index (χ4v) is 4.23. The Morgan fingerprint density at radius 3 is 2.63 bits per heavy atom. The zero-order chi connectivity index (χ0) is 25.3. The van der Waals surface area contributed by atoms with Crippen LogP contribution in [-0.4, -0.2) is 45.5 Å². The Morgan fingerprint density at radius 1 is 1.14 bits per heavy atom. The summed E-state index contributed by atoms with van der Waals surface area (Å²) in [7, 11) is 1.84. The van der Waals surface area contributed by atoms with Crippen LogP contribution in [0.2, 0.25) is 0 Å². The summed E-state index contributed by atoms with van der Waals surface area (Å²) in [5.74, 6) is -1.10. The Hall–Kier alpha value is -3.68. The molecular weight excluding hydrogens is 449 g/mol. The number of hydrogen-bond acceptors (Lipinski definition) is 5. The highest BCUT2D eigenvalue weighted by Crippen LogP contribution is 2.37. The molecule has 35 heavy (non-hydrogen) atoms. The first-order chi connectivity index (χ1) is 16.6. The number of esters is 1. The summed E-state index contributed by atoms with van der Waals surface area (Å²) in [6, 6.07) is 8.10. The van der Waals surface area contributed by atoms with E-state index in [0.717, 1.165) is 40.4 Å². The number of fused-ring (bicyclic) bond motifs is 1. The minimum absolute atomic E-state index is 0.155. The molecule has 1 amide bonds. The standard InChI is InChI=1S/C27H30FN3O4/c1-6-34-25(32)22-14-19(28)9-10-20(22)21-12-18(13-24-23(21)15-29-30(24)5)17-8-7-11-31(16-17)26(33)35-27(2,3)4/h9-10,12-16H,6-8,11H2,1-5H3. The van der Waals surface area contributed by atoms with E-state index in [1.807, 2.05) is 46.2 Å². The zero-order valence-corrected chi connectivity index (χ0v) is 20.7. The Kier molecular flexibility index (Phi) is 6.65. The van der Waals surface area contributed by atoms with Crippen LogP contribution in [0, 0.1) is 5.82 Å². The van der Waals surface area contributed by atoms with Gasteiger partial charge in [0.15, 0.2) is 0 Å². The monoisotopic (exact) mass is 479 g/mol. The topological polar surface area (TPSA) is 73.7 Å². The molecule has 2 heterocycles. The van der Waals surface area contributed by atoms with Gasteiger partial charge in [0.25, 0.3) is 0 Å². The molecule has 0 unspecified atom stereocenters. The van der Waals surface area contributed by atoms with Crippen LogP contribution in [0.15, 0.2) is 42.7 Å². The van der Waals surface area contributed by atoms with Crippen molar-refractivity contribution in [2.75, 3.05) is 13.2 Å². The molecule has 1 aliphatic rings. The highest BCUT2D eigenvalue weighted by molar-refractivity contribution is 6.04. The summed E-state index contributed by atoms with van der Waals surface area (Å²) in [6.07, 6.45) is 4.73. The van der Waals surface area contributed by atoms with Gasteiger partial charge in [0, 0.05) is 25.2 Å². The number of halogens is 1. The molecule has 3 aromatic rings. The molecule has 0 aliphatic carbocycles. The minimum Gasteiger partial charge on any atom is -0.462 e. The number of carbonyl (C=O) groups excluding carboxylic acids is 2. The van der Waals surface area contributed by atoms with Gasteiger partial charge in [-0.25, -0.2) is 14.0 Å². The molecule has 0 fully saturated rings. The smallest absolute Gasteiger partial charge is 0.414 e. The third-order valence-electron chi connectivity index (χ3n) is 5.79. The van der Waals surface area contributed by atoms with Crippen molar-refractivity contribution >= 4 is 28.5 Å². The summed E-state index contributed by atoms with van der Waals surface area (Å²) in [5.41, 5.74) is 3.58. The lowest BCUT2D eigenvalue weighted by atomic mass is 9.91. The Morgan fingerprint density at radius 2 is 1.91 bits per heavy atom. The number of rotatable bonds is 4. The van der Waals surface area contributed by atoms with Crippen molar-refractivity contribution in [3.8, 4) is 11.1 Å². The van der Waals surface area contributed by atoms with E-state index < -0.39 is 17.4 Å². The van der Waals surface area contributed by atoms with Crippen molar-refractivity contribution in [1.82, 2.24) is 14.7 Å². The number of hydrogen-bond donors (Lipinski definition) is 0. The van der Waals surface area contributed by atoms with Crippen molar-refractivity contribution in [1.29, 1.82) is 0 Å². The quantitative estimate of drug-likeness (QED) is 0.434. The van der Waals surface area contributed by atoms with E-state index in [1.165, 1.54) is 12.1 Å². The lowest BCUT2D eigenvalue weighted by molar-refractivity contribution is 0.0328. The van der Waals surface area contributed by atoms with Crippen LogP contribution in [0.5, 0.6) is 0 Å². The van der Waals surface area contributed by atoms with Crippen molar-refractivity contribution < 1.29 is 23.5 Å². The van der Waals surface area contributed by atoms with Gasteiger partial charge in [0.1, 0.15) is 11.4 Å². The minimum atomic E-state index is -0.588. The van der Waals surface area contributed by atoms with Gasteiger partial charge in [-0.1, -0.05) is 6.07 Å². The summed E-state index contributed by atoms with van der Waals surface area (Å²) < 4.78 is 26.6. The van der Waals surface area contributed by atoms with E-state index in [9.17, 15) is 14.0 Å². The third kappa shape index (κ3) is 5.21. The number of benzene rings is 2. The molecule has 0 saturated heterocycles. The van der Waals surface area contributed by atoms with Gasteiger partial charge in [-0.05, 0) is 87.1 Å². The van der Waals surface area contributed by atoms with E-state index >= 15 is 0 Å². The SMILES string of the molecule is CCOC(=O)c1cc(F)ccc1-c1cc(C2=CN(C(=O)OC(C)(C)C)CCC2)cc2c1cnn2C. The first kappa shape index (κ1) is 24.4. The Balaban J connectivity index is 1.85. The van der Waals surface area contributed by atoms with Gasteiger partial charge < -0.3 is 9.47 Å². The summed E-state index contributed by atoms with van der Waals surface area (Å²) >= 11 is 0. The van der Waals surface area contributed by atoms with Gasteiger partial charge in [-0.2, -0.15) is 5.10 Å². The van der Waals surface area contributed by atoms with Crippen molar-refractivity contribution in [2.24, 2.45) is 7.05 Å². The fourth-order valence-electron chi connectivity index (χ4n) is 4.23. The molecular formula is C27H30FN3O4. The molecule has 8 heteroatoms. The first-order valence-corrected chi connectivity index (χ1v) is 11.7. The second-order valence-corrected chi connectivity index (χ2v) is 9.57. The van der Waals surface area contributed by atoms with Crippen molar-refractivity contribution in [2.45, 2.75) is 46.1 Å². The van der Waals surface area contributed by atoms with Crippen molar-refractivity contribution in [3.05, 3.63) is 59.7 Å². The fraction of sp³-hybridized carbons (Fsp3) is 0.370. The molecule has 0 saturated carbocycles. The number of aryl methyl sites for hydroxylation is 1. The van der Waals surface area contributed by atoms with Crippen LogP contribution in [0.3, 0.4) is 0 Å². The molecule has 1 aromatic heterocycles. The van der Waals surface area contributed by atoms with Gasteiger partial charge in [-0.15, -0.1) is 0 Å². The molecule has 0 atom stereocenters. The zero-order valence-electron chi connectivity index (χ0n) is 20.7. The number of ether oxygens (including phenoxy) is 2. The number of nitrogens with zero attached hydrogens (tertiary/aromatic N) is 3. The molecule has 1 aliphatic heterocycles. The van der Waals surface area contributed by atoms with E-state index in [4.69, 9.17) is 9.47 Å². The Bertz CT molecular complexity index is 1320. The normalized spacial score (nSPS) is 14.1. The van der Waals surface area contributed by atoms with Gasteiger partial charge >= 0.3 is 12.1 Å². The van der Waals surface area contributed by atoms with Crippen LogP contribution < -0.4 is 0 Å². The highest BCUT2D eigenvalue weighted by atomic mass is 19.1. The predicted octanol–water partition coefficient (Wildman–Crippen LogP) is 5.93. The lowest BCUT2D eigenvalue weighted by Crippen LogP contribution is -2.35. The lowest BCUT2D eigenvalue weighted by Gasteiger charge is -2.28. The predicted molar refractivity (Wildman–Crippen MR) is 132 cm³/mol. The molecule has 2 aromatic carbocycles. The molecule has 0 radical (unpaired) electrons. The average Bonchev–Trinajstić information content (AvgIpc) is 3.18. The van der Waals surface area contributed by atoms with Crippen molar-refractivity contribution in [3.63, 3.8) is 0 Å². The number of carbonyl (C=O) groups is 2. The molecule has 0 spiro atoms. The summed E-state index contributed by atoms with van der Waals surface area (Å²) in [5, 5.41) is 5.23. The molecule has 0 bridgehead atoms. The van der Waals surface area contributed by atoms with Crippen LogP contribution in [0.25, 0.3) is 27.6 Å². The molecule has 184 valence electrons. The summed E-state index contributed by atoms with van der Waals surface area (Å²) in [6.45, 7) is 7.99. The van der Waals surface area contributed by atoms with Gasteiger partial charge in [-0.3, -0.25) is 9.58 Å². The van der Waals surface area contributed by atoms with Crippen LogP contribution in [-0.2, 0) is 16.5 Å². The maximum atomic E-state index is 14.1. The third-order valence-corrected chi connectivity index (χ3v) is 5.79. The largest absolute Gasteiger partial charge is 0.462 e. The molecule has 4 rings (SSSR count). The van der Waals surface area contributed by atoms with Crippen LogP contribution in [0.4, 0.5) is 9.18 Å². The second-order valence-electron chi connectivity index (χ2n) is 9.57. The van der Waals surface area contributed by atoms with E-state index in [2.05, 4.69) is 5.10 Å². The first-order valence-electron chi connectivity index (χ1n) is 11.7. The molecule has 7 nitrogen and oxygen atoms in total. The molecule has 0 N–H and O–H groups in total. The summed E-state index contributed by atoms with van der Waals surface area (Å²) in [4.78, 5) is 26.9. The van der Waals surface area contributed by atoms with Gasteiger partial charge in [0.2, 0.25) is 0 Å². The van der Waals surface area contributed by atoms with Crippen LogP contribution in [0.1, 0.15) is 56.5 Å². The number of allylic oxidation sites excluding steroid dienone is 1. The number of amides is 1.